The van der Waals surface area contributed by atoms with E-state index in [9.17, 15) is 9.59 Å². The molecule has 138 valence electrons. The molecule has 1 aliphatic rings. The normalized spacial score (nSPS) is 13.8. The zero-order chi connectivity index (χ0) is 19.0. The number of aromatic nitrogens is 1. The first-order valence-corrected chi connectivity index (χ1v) is 8.98. The van der Waals surface area contributed by atoms with E-state index in [1.807, 2.05) is 0 Å². The maximum Gasteiger partial charge on any atom is 0.414 e. The van der Waals surface area contributed by atoms with E-state index in [0.29, 0.717) is 11.3 Å². The number of rotatable bonds is 5. The molecule has 26 heavy (non-hydrogen) atoms. The van der Waals surface area contributed by atoms with Gasteiger partial charge in [0.05, 0.1) is 33.6 Å². The molecule has 1 fully saturated rings. The molecule has 1 aliphatic carbocycles. The van der Waals surface area contributed by atoms with Crippen LogP contribution in [-0.2, 0) is 4.74 Å². The average molecular weight is 397 g/mol. The van der Waals surface area contributed by atoms with Gasteiger partial charge in [-0.1, -0.05) is 28.4 Å². The average Bonchev–Trinajstić information content (AvgIpc) is 3.32. The highest BCUT2D eigenvalue weighted by atomic mass is 35.5. The minimum Gasteiger partial charge on any atom is -0.446 e. The molecule has 1 saturated carbocycles. The number of hydrogen-bond acceptors (Lipinski definition) is 5. The molecule has 0 aliphatic heterocycles. The molecule has 1 amide bonds. The molecule has 8 heteroatoms. The van der Waals surface area contributed by atoms with Gasteiger partial charge in [-0.15, -0.1) is 0 Å². The molecule has 1 heterocycles. The molecule has 0 spiro atoms. The summed E-state index contributed by atoms with van der Waals surface area (Å²) in [4.78, 5) is 26.6. The summed E-state index contributed by atoms with van der Waals surface area (Å²) in [6.45, 7) is 3.47. The quantitative estimate of drug-likeness (QED) is 0.659. The van der Waals surface area contributed by atoms with Gasteiger partial charge in [-0.2, -0.15) is 0 Å². The number of carbonyl (C=O) groups is 2. The molecule has 0 N–H and O–H groups in total. The van der Waals surface area contributed by atoms with Crippen molar-refractivity contribution >= 4 is 40.8 Å². The van der Waals surface area contributed by atoms with Gasteiger partial charge in [0.2, 0.25) is 0 Å². The third kappa shape index (κ3) is 3.57. The first-order chi connectivity index (χ1) is 12.3. The maximum atomic E-state index is 13.1. The third-order valence-electron chi connectivity index (χ3n) is 4.05. The lowest BCUT2D eigenvalue weighted by Crippen LogP contribution is -2.31. The summed E-state index contributed by atoms with van der Waals surface area (Å²) in [5, 5.41) is 4.09. The van der Waals surface area contributed by atoms with Crippen LogP contribution in [0.1, 0.15) is 54.3 Å². The van der Waals surface area contributed by atoms with Crippen LogP contribution < -0.4 is 4.90 Å². The Balaban J connectivity index is 2.04. The zero-order valence-corrected chi connectivity index (χ0v) is 16.1. The molecule has 0 atom stereocenters. The van der Waals surface area contributed by atoms with Crippen molar-refractivity contribution in [3.05, 3.63) is 45.3 Å². The predicted molar refractivity (Wildman–Crippen MR) is 98.4 cm³/mol. The number of amides is 1. The van der Waals surface area contributed by atoms with Crippen LogP contribution in [-0.4, -0.2) is 30.2 Å². The molecule has 0 radical (unpaired) electrons. The summed E-state index contributed by atoms with van der Waals surface area (Å²) in [6, 6.07) is 3.06. The topological polar surface area (TPSA) is 72.6 Å². The van der Waals surface area contributed by atoms with Crippen LogP contribution in [0.2, 0.25) is 10.0 Å². The Morgan fingerprint density at radius 3 is 2.58 bits per heavy atom. The van der Waals surface area contributed by atoms with E-state index in [1.165, 1.54) is 30.3 Å². The zero-order valence-electron chi connectivity index (χ0n) is 14.6. The second-order valence-corrected chi connectivity index (χ2v) is 7.24. The van der Waals surface area contributed by atoms with E-state index < -0.39 is 6.09 Å². The molecule has 1 aromatic heterocycles. The van der Waals surface area contributed by atoms with E-state index in [0.717, 1.165) is 12.8 Å². The largest absolute Gasteiger partial charge is 0.446 e. The number of ether oxygens (including phenoxy) is 1. The molecule has 1 aromatic carbocycles. The van der Waals surface area contributed by atoms with Crippen molar-refractivity contribution in [1.82, 2.24) is 5.16 Å². The smallest absolute Gasteiger partial charge is 0.414 e. The molecule has 3 rings (SSSR count). The number of ketones is 1. The summed E-state index contributed by atoms with van der Waals surface area (Å²) >= 11 is 12.4. The number of nitrogens with zero attached hydrogens (tertiary/aromatic N) is 2. The maximum absolute atomic E-state index is 13.1. The lowest BCUT2D eigenvalue weighted by Gasteiger charge is -2.22. The Morgan fingerprint density at radius 2 is 1.96 bits per heavy atom. The van der Waals surface area contributed by atoms with Gasteiger partial charge in [0.15, 0.2) is 11.5 Å². The van der Waals surface area contributed by atoms with Crippen LogP contribution in [0, 0.1) is 0 Å². The third-order valence-corrected chi connectivity index (χ3v) is 4.84. The second-order valence-electron chi connectivity index (χ2n) is 6.46. The van der Waals surface area contributed by atoms with Gasteiger partial charge in [-0.05, 0) is 38.8 Å². The van der Waals surface area contributed by atoms with Crippen molar-refractivity contribution in [1.29, 1.82) is 0 Å². The van der Waals surface area contributed by atoms with Crippen molar-refractivity contribution in [3.63, 3.8) is 0 Å². The fourth-order valence-electron chi connectivity index (χ4n) is 2.63. The van der Waals surface area contributed by atoms with Crippen molar-refractivity contribution in [2.45, 2.75) is 38.7 Å². The van der Waals surface area contributed by atoms with Crippen LogP contribution in [0.3, 0.4) is 0 Å². The van der Waals surface area contributed by atoms with Crippen LogP contribution in [0.5, 0.6) is 0 Å². The van der Waals surface area contributed by atoms with E-state index in [-0.39, 0.29) is 39.1 Å². The standard InChI is InChI=1S/C18H18Cl2N2O4/c1-9(2)25-18(24)22(3)15-11(6-7-13(19)14(15)20)16(23)12-8-21-26-17(12)10-4-5-10/h6-10H,4-5H2,1-3H3. The Bertz CT molecular complexity index is 859. The molecule has 6 nitrogen and oxygen atoms in total. The minimum atomic E-state index is -0.633. The van der Waals surface area contributed by atoms with Crippen molar-refractivity contribution in [3.8, 4) is 0 Å². The summed E-state index contributed by atoms with van der Waals surface area (Å²) < 4.78 is 10.5. The Labute approximate surface area is 161 Å². The van der Waals surface area contributed by atoms with Gasteiger partial charge in [0.25, 0.3) is 0 Å². The number of carbonyl (C=O) groups excluding carboxylic acids is 2. The lowest BCUT2D eigenvalue weighted by molar-refractivity contribution is 0.103. The first-order valence-electron chi connectivity index (χ1n) is 8.22. The fraction of sp³-hybridized carbons (Fsp3) is 0.389. The predicted octanol–water partition coefficient (Wildman–Crippen LogP) is 5.07. The van der Waals surface area contributed by atoms with Crippen molar-refractivity contribution in [2.75, 3.05) is 11.9 Å². The number of halogens is 2. The summed E-state index contributed by atoms with van der Waals surface area (Å²) in [7, 11) is 1.48. The van der Waals surface area contributed by atoms with E-state index in [4.69, 9.17) is 32.5 Å². The Hall–Kier alpha value is -2.05. The van der Waals surface area contributed by atoms with Gasteiger partial charge in [-0.25, -0.2) is 4.79 Å². The molecular weight excluding hydrogens is 379 g/mol. The molecule has 0 unspecified atom stereocenters. The van der Waals surface area contributed by atoms with E-state index >= 15 is 0 Å². The molecule has 0 saturated heterocycles. The van der Waals surface area contributed by atoms with Gasteiger partial charge < -0.3 is 9.26 Å². The summed E-state index contributed by atoms with van der Waals surface area (Å²) in [6.07, 6.45) is 2.37. The first kappa shape index (κ1) is 18.7. The van der Waals surface area contributed by atoms with Gasteiger partial charge in [0.1, 0.15) is 0 Å². The highest BCUT2D eigenvalue weighted by Gasteiger charge is 2.34. The molecular formula is C18H18Cl2N2O4. The van der Waals surface area contributed by atoms with Crippen molar-refractivity contribution in [2.24, 2.45) is 0 Å². The Kier molecular flexibility index (Phi) is 5.25. The highest BCUT2D eigenvalue weighted by Crippen LogP contribution is 2.43. The Morgan fingerprint density at radius 1 is 1.27 bits per heavy atom. The van der Waals surface area contributed by atoms with Crippen LogP contribution in [0.25, 0.3) is 0 Å². The van der Waals surface area contributed by atoms with Gasteiger partial charge in [0, 0.05) is 18.5 Å². The molecule has 0 bridgehead atoms. The monoisotopic (exact) mass is 396 g/mol. The van der Waals surface area contributed by atoms with Crippen molar-refractivity contribution < 1.29 is 18.8 Å². The minimum absolute atomic E-state index is 0.102. The van der Waals surface area contributed by atoms with Crippen LogP contribution >= 0.6 is 23.2 Å². The molecule has 2 aromatic rings. The number of anilines is 1. The van der Waals surface area contributed by atoms with E-state index in [2.05, 4.69) is 5.16 Å². The van der Waals surface area contributed by atoms with Crippen LogP contribution in [0.4, 0.5) is 10.5 Å². The second kappa shape index (κ2) is 7.29. The van der Waals surface area contributed by atoms with Gasteiger partial charge >= 0.3 is 6.09 Å². The number of benzene rings is 1. The lowest BCUT2D eigenvalue weighted by atomic mass is 10.0. The highest BCUT2D eigenvalue weighted by molar-refractivity contribution is 6.44. The summed E-state index contributed by atoms with van der Waals surface area (Å²) in [5.74, 6) is 0.455. The number of hydrogen-bond donors (Lipinski definition) is 0. The van der Waals surface area contributed by atoms with Gasteiger partial charge in [-0.3, -0.25) is 9.69 Å². The fourth-order valence-corrected chi connectivity index (χ4v) is 3.07. The van der Waals surface area contributed by atoms with Crippen LogP contribution in [0.15, 0.2) is 22.9 Å². The van der Waals surface area contributed by atoms with E-state index in [1.54, 1.807) is 13.8 Å². The SMILES string of the molecule is CC(C)OC(=O)N(C)c1c(C(=O)c2cnoc2C2CC2)ccc(Cl)c1Cl. The summed E-state index contributed by atoms with van der Waals surface area (Å²) in [5.41, 5.74) is 0.795.